The number of carbonyl (C=O) groups is 1. The number of ether oxygens (including phenoxy) is 1. The van der Waals surface area contributed by atoms with Crippen molar-refractivity contribution < 1.29 is 17.9 Å². The van der Waals surface area contributed by atoms with E-state index < -0.39 is 9.84 Å². The molecular weight excluding hydrogens is 302 g/mol. The van der Waals surface area contributed by atoms with Crippen LogP contribution in [0.4, 0.5) is 5.69 Å². The lowest BCUT2D eigenvalue weighted by Crippen LogP contribution is -2.14. The molecule has 116 valence electrons. The Hall–Kier alpha value is -2.34. The monoisotopic (exact) mass is 319 g/mol. The maximum absolute atomic E-state index is 12.1. The van der Waals surface area contributed by atoms with Crippen LogP contribution in [-0.2, 0) is 9.84 Å². The van der Waals surface area contributed by atoms with Gasteiger partial charge < -0.3 is 10.1 Å². The van der Waals surface area contributed by atoms with Crippen LogP contribution in [0.1, 0.15) is 10.4 Å². The fourth-order valence-electron chi connectivity index (χ4n) is 1.88. The lowest BCUT2D eigenvalue weighted by Gasteiger charge is -2.07. The van der Waals surface area contributed by atoms with Gasteiger partial charge in [-0.15, -0.1) is 0 Å². The van der Waals surface area contributed by atoms with Gasteiger partial charge in [-0.1, -0.05) is 12.1 Å². The minimum atomic E-state index is -3.25. The molecule has 0 aliphatic carbocycles. The number of hydrogen-bond donors (Lipinski definition) is 1. The van der Waals surface area contributed by atoms with Gasteiger partial charge in [0.15, 0.2) is 15.6 Å². The van der Waals surface area contributed by atoms with Gasteiger partial charge in [0.2, 0.25) is 0 Å². The lowest BCUT2D eigenvalue weighted by molar-refractivity contribution is 0.101. The molecule has 0 unspecified atom stereocenters. The Labute approximate surface area is 129 Å². The Morgan fingerprint density at radius 3 is 2.14 bits per heavy atom. The van der Waals surface area contributed by atoms with E-state index in [1.54, 1.807) is 19.2 Å². The van der Waals surface area contributed by atoms with Crippen molar-refractivity contribution in [1.29, 1.82) is 0 Å². The third kappa shape index (κ3) is 4.08. The SMILES string of the molecule is COc1ccc(NCC(=O)c2ccc(S(C)(=O)=O)cc2)cc1. The molecule has 2 aromatic carbocycles. The van der Waals surface area contributed by atoms with Crippen molar-refractivity contribution in [1.82, 2.24) is 0 Å². The second-order valence-corrected chi connectivity index (χ2v) is 6.82. The summed E-state index contributed by atoms with van der Waals surface area (Å²) in [5.74, 6) is 0.629. The third-order valence-electron chi connectivity index (χ3n) is 3.15. The minimum Gasteiger partial charge on any atom is -0.497 e. The summed E-state index contributed by atoms with van der Waals surface area (Å²) in [6.07, 6.45) is 1.13. The van der Waals surface area contributed by atoms with Gasteiger partial charge in [0.1, 0.15) is 5.75 Å². The summed E-state index contributed by atoms with van der Waals surface area (Å²) < 4.78 is 27.8. The van der Waals surface area contributed by atoms with E-state index >= 15 is 0 Å². The molecule has 1 N–H and O–H groups in total. The maximum Gasteiger partial charge on any atom is 0.181 e. The van der Waals surface area contributed by atoms with E-state index in [4.69, 9.17) is 4.74 Å². The first-order valence-corrected chi connectivity index (χ1v) is 8.50. The normalized spacial score (nSPS) is 11.0. The quantitative estimate of drug-likeness (QED) is 0.828. The summed E-state index contributed by atoms with van der Waals surface area (Å²) in [6, 6.07) is 13.2. The zero-order chi connectivity index (χ0) is 16.2. The molecule has 0 fully saturated rings. The number of rotatable bonds is 6. The zero-order valence-electron chi connectivity index (χ0n) is 12.4. The molecule has 2 rings (SSSR count). The Bertz CT molecular complexity index is 750. The highest BCUT2D eigenvalue weighted by molar-refractivity contribution is 7.90. The first-order chi connectivity index (χ1) is 10.4. The minimum absolute atomic E-state index is 0.115. The van der Waals surface area contributed by atoms with Crippen molar-refractivity contribution >= 4 is 21.3 Å². The first kappa shape index (κ1) is 16.0. The van der Waals surface area contributed by atoms with Gasteiger partial charge >= 0.3 is 0 Å². The molecular formula is C16H17NO4S. The Morgan fingerprint density at radius 1 is 1.05 bits per heavy atom. The van der Waals surface area contributed by atoms with Crippen LogP contribution in [0.25, 0.3) is 0 Å². The van der Waals surface area contributed by atoms with E-state index in [9.17, 15) is 13.2 Å². The molecule has 0 aliphatic rings. The summed E-state index contributed by atoms with van der Waals surface area (Å²) in [4.78, 5) is 12.3. The highest BCUT2D eigenvalue weighted by Crippen LogP contribution is 2.15. The molecule has 0 heterocycles. The van der Waals surface area contributed by atoms with Crippen molar-refractivity contribution in [3.05, 3.63) is 54.1 Å². The predicted octanol–water partition coefficient (Wildman–Crippen LogP) is 2.39. The van der Waals surface area contributed by atoms with E-state index in [0.717, 1.165) is 17.7 Å². The van der Waals surface area contributed by atoms with Crippen LogP contribution in [0.3, 0.4) is 0 Å². The van der Waals surface area contributed by atoms with Crippen molar-refractivity contribution in [2.24, 2.45) is 0 Å². The molecule has 0 aliphatic heterocycles. The molecule has 5 nitrogen and oxygen atoms in total. The number of methoxy groups -OCH3 is 1. The first-order valence-electron chi connectivity index (χ1n) is 6.61. The summed E-state index contributed by atoms with van der Waals surface area (Å²) in [7, 11) is -1.66. The van der Waals surface area contributed by atoms with E-state index in [2.05, 4.69) is 5.32 Å². The van der Waals surface area contributed by atoms with Crippen molar-refractivity contribution in [2.45, 2.75) is 4.90 Å². The molecule has 0 radical (unpaired) electrons. The fourth-order valence-corrected chi connectivity index (χ4v) is 2.51. The molecule has 0 saturated heterocycles. The molecule has 0 saturated carbocycles. The Morgan fingerprint density at radius 2 is 1.64 bits per heavy atom. The van der Waals surface area contributed by atoms with E-state index in [-0.39, 0.29) is 17.2 Å². The maximum atomic E-state index is 12.1. The zero-order valence-corrected chi connectivity index (χ0v) is 13.2. The van der Waals surface area contributed by atoms with Crippen LogP contribution in [0.5, 0.6) is 5.75 Å². The largest absolute Gasteiger partial charge is 0.497 e. The van der Waals surface area contributed by atoms with Crippen LogP contribution >= 0.6 is 0 Å². The number of hydrogen-bond acceptors (Lipinski definition) is 5. The molecule has 0 atom stereocenters. The van der Waals surface area contributed by atoms with Crippen molar-refractivity contribution in [2.75, 3.05) is 25.2 Å². The number of Topliss-reactive ketones (excluding diaryl/α,β-unsaturated/α-hetero) is 1. The van der Waals surface area contributed by atoms with Gasteiger partial charge in [-0.25, -0.2) is 8.42 Å². The van der Waals surface area contributed by atoms with Gasteiger partial charge in [-0.3, -0.25) is 4.79 Å². The highest BCUT2D eigenvalue weighted by atomic mass is 32.2. The van der Waals surface area contributed by atoms with Gasteiger partial charge in [0.25, 0.3) is 0 Å². The van der Waals surface area contributed by atoms with Gasteiger partial charge in [-0.05, 0) is 36.4 Å². The predicted molar refractivity (Wildman–Crippen MR) is 85.4 cm³/mol. The van der Waals surface area contributed by atoms with Crippen molar-refractivity contribution in [3.63, 3.8) is 0 Å². The molecule has 22 heavy (non-hydrogen) atoms. The lowest BCUT2D eigenvalue weighted by atomic mass is 10.1. The summed E-state index contributed by atoms with van der Waals surface area (Å²) in [5.41, 5.74) is 1.27. The summed E-state index contributed by atoms with van der Waals surface area (Å²) in [6.45, 7) is 0.130. The number of sulfone groups is 1. The van der Waals surface area contributed by atoms with Crippen LogP contribution < -0.4 is 10.1 Å². The van der Waals surface area contributed by atoms with E-state index in [1.807, 2.05) is 12.1 Å². The topological polar surface area (TPSA) is 72.5 Å². The third-order valence-corrected chi connectivity index (χ3v) is 4.28. The molecule has 2 aromatic rings. The average Bonchev–Trinajstić information content (AvgIpc) is 2.52. The molecule has 0 spiro atoms. The van der Waals surface area contributed by atoms with E-state index in [1.165, 1.54) is 24.3 Å². The number of nitrogens with one attached hydrogen (secondary N) is 1. The molecule has 6 heteroatoms. The van der Waals surface area contributed by atoms with Crippen LogP contribution in [0, 0.1) is 0 Å². The number of anilines is 1. The van der Waals surface area contributed by atoms with Gasteiger partial charge in [0, 0.05) is 17.5 Å². The van der Waals surface area contributed by atoms with Gasteiger partial charge in [-0.2, -0.15) is 0 Å². The summed E-state index contributed by atoms with van der Waals surface area (Å²) >= 11 is 0. The van der Waals surface area contributed by atoms with Crippen LogP contribution in [-0.4, -0.2) is 34.1 Å². The summed E-state index contributed by atoms with van der Waals surface area (Å²) in [5, 5.41) is 3.02. The van der Waals surface area contributed by atoms with Crippen LogP contribution in [0.2, 0.25) is 0 Å². The second-order valence-electron chi connectivity index (χ2n) is 4.80. The van der Waals surface area contributed by atoms with Gasteiger partial charge in [0.05, 0.1) is 18.6 Å². The number of benzene rings is 2. The Balaban J connectivity index is 1.99. The number of carbonyl (C=O) groups excluding carboxylic acids is 1. The van der Waals surface area contributed by atoms with E-state index in [0.29, 0.717) is 5.56 Å². The molecule has 0 aromatic heterocycles. The Kier molecular flexibility index (Phi) is 4.82. The van der Waals surface area contributed by atoms with Crippen molar-refractivity contribution in [3.8, 4) is 5.75 Å². The van der Waals surface area contributed by atoms with Crippen LogP contribution in [0.15, 0.2) is 53.4 Å². The molecule has 0 amide bonds. The number of ketones is 1. The fraction of sp³-hybridized carbons (Fsp3) is 0.188. The second kappa shape index (κ2) is 6.62. The highest BCUT2D eigenvalue weighted by Gasteiger charge is 2.09. The molecule has 0 bridgehead atoms. The standard InChI is InChI=1S/C16H17NO4S/c1-21-14-7-5-13(6-8-14)17-11-16(18)12-3-9-15(10-4-12)22(2,19)20/h3-10,17H,11H2,1-2H3. The smallest absolute Gasteiger partial charge is 0.181 e. The average molecular weight is 319 g/mol.